The minimum atomic E-state index is 0.174. The lowest BCUT2D eigenvalue weighted by atomic mass is 10.1. The third-order valence-corrected chi connectivity index (χ3v) is 4.78. The minimum Gasteiger partial charge on any atom is -0.491 e. The first-order valence-electron chi connectivity index (χ1n) is 8.56. The molecule has 24 heavy (non-hydrogen) atoms. The fourth-order valence-electron chi connectivity index (χ4n) is 3.72. The fourth-order valence-corrected chi connectivity index (χ4v) is 3.72. The molecule has 124 valence electrons. The van der Waals surface area contributed by atoms with E-state index in [-0.39, 0.29) is 6.10 Å². The van der Waals surface area contributed by atoms with Gasteiger partial charge in [0, 0.05) is 11.6 Å². The number of nitrogens with two attached hydrogens (primary N) is 1. The summed E-state index contributed by atoms with van der Waals surface area (Å²) in [5.41, 5.74) is 9.96. The van der Waals surface area contributed by atoms with E-state index in [0.29, 0.717) is 23.8 Å². The molecule has 2 aliphatic rings. The molecule has 2 aliphatic carbocycles. The van der Waals surface area contributed by atoms with Crippen molar-refractivity contribution in [2.45, 2.75) is 38.3 Å². The SMILES string of the molecule is CC(C)Oc1ccc(NC(N)=NC2C3Cc4ccccc4C32)cc1. The van der Waals surface area contributed by atoms with Crippen molar-refractivity contribution in [2.24, 2.45) is 16.6 Å². The molecule has 0 saturated heterocycles. The largest absolute Gasteiger partial charge is 0.491 e. The van der Waals surface area contributed by atoms with Gasteiger partial charge in [-0.2, -0.15) is 0 Å². The van der Waals surface area contributed by atoms with Crippen molar-refractivity contribution in [1.29, 1.82) is 0 Å². The van der Waals surface area contributed by atoms with Gasteiger partial charge in [0.1, 0.15) is 5.75 Å². The van der Waals surface area contributed by atoms with Crippen molar-refractivity contribution < 1.29 is 4.74 Å². The second kappa shape index (κ2) is 5.86. The maximum Gasteiger partial charge on any atom is 0.193 e. The Bertz CT molecular complexity index is 767. The van der Waals surface area contributed by atoms with Crippen molar-refractivity contribution in [3.05, 3.63) is 59.7 Å². The van der Waals surface area contributed by atoms with Gasteiger partial charge in [0.25, 0.3) is 0 Å². The summed E-state index contributed by atoms with van der Waals surface area (Å²) in [5, 5.41) is 3.18. The van der Waals surface area contributed by atoms with Crippen LogP contribution in [-0.4, -0.2) is 18.1 Å². The number of ether oxygens (including phenoxy) is 1. The van der Waals surface area contributed by atoms with E-state index < -0.39 is 0 Å². The molecule has 4 rings (SSSR count). The Hall–Kier alpha value is -2.49. The maximum atomic E-state index is 6.10. The van der Waals surface area contributed by atoms with Crippen LogP contribution >= 0.6 is 0 Å². The zero-order chi connectivity index (χ0) is 16.7. The van der Waals surface area contributed by atoms with Gasteiger partial charge in [-0.15, -0.1) is 0 Å². The van der Waals surface area contributed by atoms with Crippen LogP contribution in [-0.2, 0) is 6.42 Å². The molecule has 3 atom stereocenters. The van der Waals surface area contributed by atoms with Crippen LogP contribution in [0, 0.1) is 5.92 Å². The zero-order valence-electron chi connectivity index (χ0n) is 14.1. The molecule has 1 fully saturated rings. The first-order valence-corrected chi connectivity index (χ1v) is 8.56. The molecule has 3 unspecified atom stereocenters. The fraction of sp³-hybridized carbons (Fsp3) is 0.350. The summed E-state index contributed by atoms with van der Waals surface area (Å²) in [7, 11) is 0. The first-order chi connectivity index (χ1) is 11.6. The second-order valence-corrected chi connectivity index (χ2v) is 6.91. The molecule has 0 heterocycles. The lowest BCUT2D eigenvalue weighted by molar-refractivity contribution is 0.242. The van der Waals surface area contributed by atoms with E-state index >= 15 is 0 Å². The highest BCUT2D eigenvalue weighted by molar-refractivity contribution is 5.92. The topological polar surface area (TPSA) is 59.6 Å². The first kappa shape index (κ1) is 15.1. The van der Waals surface area contributed by atoms with Crippen LogP contribution in [0.4, 0.5) is 5.69 Å². The summed E-state index contributed by atoms with van der Waals surface area (Å²) in [6.45, 7) is 4.03. The number of hydrogen-bond donors (Lipinski definition) is 2. The standard InChI is InChI=1S/C20H23N3O/c1-12(2)24-15-9-7-14(8-10-15)22-20(21)23-19-17-11-13-5-3-4-6-16(13)18(17)19/h3-10,12,17-19H,11H2,1-2H3,(H3,21,22,23). The summed E-state index contributed by atoms with van der Waals surface area (Å²) in [5.74, 6) is 2.54. The van der Waals surface area contributed by atoms with Crippen LogP contribution in [0.3, 0.4) is 0 Å². The summed E-state index contributed by atoms with van der Waals surface area (Å²) < 4.78 is 5.64. The Morgan fingerprint density at radius 2 is 1.92 bits per heavy atom. The molecular weight excluding hydrogens is 298 g/mol. The molecule has 0 aliphatic heterocycles. The van der Waals surface area contributed by atoms with Gasteiger partial charge >= 0.3 is 0 Å². The van der Waals surface area contributed by atoms with E-state index in [2.05, 4.69) is 29.6 Å². The van der Waals surface area contributed by atoms with Gasteiger partial charge in [-0.1, -0.05) is 24.3 Å². The van der Waals surface area contributed by atoms with Crippen LogP contribution < -0.4 is 15.8 Å². The number of hydrogen-bond acceptors (Lipinski definition) is 2. The number of aliphatic imine (C=N–C) groups is 1. The van der Waals surface area contributed by atoms with E-state index in [4.69, 9.17) is 15.5 Å². The molecule has 2 aromatic rings. The average molecular weight is 321 g/mol. The number of nitrogens with one attached hydrogen (secondary N) is 1. The van der Waals surface area contributed by atoms with E-state index in [9.17, 15) is 0 Å². The number of rotatable bonds is 4. The van der Waals surface area contributed by atoms with Crippen molar-refractivity contribution in [1.82, 2.24) is 0 Å². The lowest BCUT2D eigenvalue weighted by Crippen LogP contribution is -2.23. The third kappa shape index (κ3) is 2.84. The molecule has 3 N–H and O–H groups in total. The van der Waals surface area contributed by atoms with E-state index in [1.165, 1.54) is 11.1 Å². The lowest BCUT2D eigenvalue weighted by Gasteiger charge is -2.11. The molecule has 4 heteroatoms. The predicted molar refractivity (Wildman–Crippen MR) is 97.6 cm³/mol. The van der Waals surface area contributed by atoms with Crippen molar-refractivity contribution in [2.75, 3.05) is 5.32 Å². The highest BCUT2D eigenvalue weighted by Crippen LogP contribution is 2.58. The number of benzene rings is 2. The quantitative estimate of drug-likeness (QED) is 0.669. The molecule has 0 aromatic heterocycles. The summed E-state index contributed by atoms with van der Waals surface area (Å²) in [6, 6.07) is 16.8. The van der Waals surface area contributed by atoms with Gasteiger partial charge in [-0.25, -0.2) is 4.99 Å². The van der Waals surface area contributed by atoms with E-state index in [1.807, 2.05) is 38.1 Å². The molecule has 0 bridgehead atoms. The Morgan fingerprint density at radius 3 is 2.67 bits per heavy atom. The van der Waals surface area contributed by atoms with Crippen molar-refractivity contribution in [3.63, 3.8) is 0 Å². The Morgan fingerprint density at radius 1 is 1.17 bits per heavy atom. The van der Waals surface area contributed by atoms with Crippen LogP contribution in [0.1, 0.15) is 30.9 Å². The van der Waals surface area contributed by atoms with E-state index in [1.54, 1.807) is 0 Å². The molecule has 1 saturated carbocycles. The molecule has 2 aromatic carbocycles. The smallest absolute Gasteiger partial charge is 0.193 e. The van der Waals surface area contributed by atoms with Gasteiger partial charge in [0.05, 0.1) is 12.1 Å². The van der Waals surface area contributed by atoms with Gasteiger partial charge in [0.15, 0.2) is 5.96 Å². The van der Waals surface area contributed by atoms with Crippen LogP contribution in [0.15, 0.2) is 53.5 Å². The highest BCUT2D eigenvalue weighted by Gasteiger charge is 2.55. The third-order valence-electron chi connectivity index (χ3n) is 4.78. The van der Waals surface area contributed by atoms with Crippen molar-refractivity contribution >= 4 is 11.6 Å². The molecule has 0 spiro atoms. The number of guanidine groups is 1. The van der Waals surface area contributed by atoms with Gasteiger partial charge in [-0.3, -0.25) is 0 Å². The molecular formula is C20H23N3O. The predicted octanol–water partition coefficient (Wildman–Crippen LogP) is 3.54. The monoisotopic (exact) mass is 321 g/mol. The Kier molecular flexibility index (Phi) is 3.68. The molecule has 4 nitrogen and oxygen atoms in total. The Labute approximate surface area is 142 Å². The zero-order valence-corrected chi connectivity index (χ0v) is 14.1. The van der Waals surface area contributed by atoms with Crippen molar-refractivity contribution in [3.8, 4) is 5.75 Å². The number of nitrogens with zero attached hydrogens (tertiary/aromatic N) is 1. The van der Waals surface area contributed by atoms with Crippen LogP contribution in [0.5, 0.6) is 5.75 Å². The normalized spacial score (nSPS) is 24.5. The number of fused-ring (bicyclic) bond motifs is 3. The summed E-state index contributed by atoms with van der Waals surface area (Å²) >= 11 is 0. The number of anilines is 1. The van der Waals surface area contributed by atoms with Gasteiger partial charge < -0.3 is 15.8 Å². The maximum absolute atomic E-state index is 6.10. The molecule has 0 amide bonds. The van der Waals surface area contributed by atoms with Gasteiger partial charge in [-0.05, 0) is 61.6 Å². The molecule has 0 radical (unpaired) electrons. The highest BCUT2D eigenvalue weighted by atomic mass is 16.5. The van der Waals surface area contributed by atoms with E-state index in [0.717, 1.165) is 17.9 Å². The van der Waals surface area contributed by atoms with Gasteiger partial charge in [0.2, 0.25) is 0 Å². The second-order valence-electron chi connectivity index (χ2n) is 6.91. The van der Waals surface area contributed by atoms with Crippen LogP contribution in [0.2, 0.25) is 0 Å². The summed E-state index contributed by atoms with van der Waals surface area (Å²) in [4.78, 5) is 4.69. The average Bonchev–Trinajstić information content (AvgIpc) is 3.05. The van der Waals surface area contributed by atoms with Crippen LogP contribution in [0.25, 0.3) is 0 Å². The summed E-state index contributed by atoms with van der Waals surface area (Å²) in [6.07, 6.45) is 1.30. The Balaban J connectivity index is 1.39. The minimum absolute atomic E-state index is 0.174.